The van der Waals surface area contributed by atoms with Gasteiger partial charge in [-0.25, -0.2) is 4.68 Å². The molecule has 1 fully saturated rings. The van der Waals surface area contributed by atoms with Gasteiger partial charge in [-0.1, -0.05) is 71.8 Å². The van der Waals surface area contributed by atoms with Crippen molar-refractivity contribution < 1.29 is 0 Å². The Morgan fingerprint density at radius 1 is 1.09 bits per heavy atom. The van der Waals surface area contributed by atoms with Gasteiger partial charge >= 0.3 is 0 Å². The molecule has 0 atom stereocenters. The Hall–Kier alpha value is -0.700. The molecule has 1 aliphatic carbocycles. The molecular formula is C18H21Cl3N2. The highest BCUT2D eigenvalue weighted by atomic mass is 35.6. The zero-order valence-electron chi connectivity index (χ0n) is 13.2. The van der Waals surface area contributed by atoms with Gasteiger partial charge in [0.25, 0.3) is 0 Å². The fourth-order valence-corrected chi connectivity index (χ4v) is 3.76. The zero-order valence-corrected chi connectivity index (χ0v) is 15.5. The van der Waals surface area contributed by atoms with Crippen molar-refractivity contribution in [3.8, 4) is 5.69 Å². The maximum Gasteiger partial charge on any atom is 0.194 e. The lowest BCUT2D eigenvalue weighted by molar-refractivity contribution is 0.433. The molecule has 2 aromatic rings. The van der Waals surface area contributed by atoms with Gasteiger partial charge in [0, 0.05) is 18.5 Å². The maximum absolute atomic E-state index is 6.05. The monoisotopic (exact) mass is 370 g/mol. The summed E-state index contributed by atoms with van der Waals surface area (Å²) >= 11 is 18.1. The first-order valence-electron chi connectivity index (χ1n) is 8.14. The molecule has 0 bridgehead atoms. The second-order valence-electron chi connectivity index (χ2n) is 6.45. The number of rotatable bonds is 3. The lowest BCUT2D eigenvalue weighted by Gasteiger charge is -2.21. The number of benzene rings is 1. The number of alkyl halides is 3. The quantitative estimate of drug-likeness (QED) is 0.592. The molecule has 1 heterocycles. The van der Waals surface area contributed by atoms with E-state index in [4.69, 9.17) is 39.9 Å². The van der Waals surface area contributed by atoms with Crippen molar-refractivity contribution in [1.29, 1.82) is 0 Å². The average molecular weight is 372 g/mol. The Balaban J connectivity index is 1.96. The topological polar surface area (TPSA) is 17.8 Å². The maximum atomic E-state index is 6.05. The van der Waals surface area contributed by atoms with Crippen LogP contribution in [0.5, 0.6) is 0 Å². The van der Waals surface area contributed by atoms with Crippen molar-refractivity contribution in [2.24, 2.45) is 0 Å². The van der Waals surface area contributed by atoms with Crippen LogP contribution in [0.2, 0.25) is 0 Å². The summed E-state index contributed by atoms with van der Waals surface area (Å²) in [4.78, 5) is 0. The largest absolute Gasteiger partial charge is 0.240 e. The van der Waals surface area contributed by atoms with E-state index in [-0.39, 0.29) is 0 Å². The predicted molar refractivity (Wildman–Crippen MR) is 98.1 cm³/mol. The number of halogens is 3. The third kappa shape index (κ3) is 4.43. The van der Waals surface area contributed by atoms with Crippen LogP contribution in [0.25, 0.3) is 5.69 Å². The average Bonchev–Trinajstić information content (AvgIpc) is 2.90. The molecule has 0 saturated heterocycles. The summed E-state index contributed by atoms with van der Waals surface area (Å²) in [5.41, 5.74) is 4.44. The van der Waals surface area contributed by atoms with Crippen LogP contribution in [0, 0.1) is 6.92 Å². The molecule has 124 valence electrons. The predicted octanol–water partition coefficient (Wildman–Crippen LogP) is 6.14. The van der Waals surface area contributed by atoms with Crippen LogP contribution >= 0.6 is 34.8 Å². The molecule has 2 nitrogen and oxygen atoms in total. The third-order valence-corrected chi connectivity index (χ3v) is 4.90. The van der Waals surface area contributed by atoms with Crippen LogP contribution in [0.15, 0.2) is 30.5 Å². The van der Waals surface area contributed by atoms with Crippen molar-refractivity contribution in [2.45, 2.75) is 55.2 Å². The van der Waals surface area contributed by atoms with Crippen LogP contribution in [0.1, 0.15) is 54.8 Å². The smallest absolute Gasteiger partial charge is 0.194 e. The summed E-state index contributed by atoms with van der Waals surface area (Å²) in [6.45, 7) is 2.08. The van der Waals surface area contributed by atoms with Gasteiger partial charge in [0.05, 0.1) is 11.4 Å². The molecule has 0 amide bonds. The minimum Gasteiger partial charge on any atom is -0.240 e. The van der Waals surface area contributed by atoms with Crippen molar-refractivity contribution in [1.82, 2.24) is 9.78 Å². The number of aryl methyl sites for hydroxylation is 1. The standard InChI is InChI=1S/C18H21Cl3N2/c1-13-7-9-16(10-8-13)23-12-15(11-18(19,20)21)17(22-23)14-5-3-2-4-6-14/h7-10,12,14H,2-6,11H2,1H3. The van der Waals surface area contributed by atoms with Crippen LogP contribution in [0.3, 0.4) is 0 Å². The molecule has 23 heavy (non-hydrogen) atoms. The lowest BCUT2D eigenvalue weighted by Crippen LogP contribution is -2.12. The summed E-state index contributed by atoms with van der Waals surface area (Å²) in [6, 6.07) is 8.33. The summed E-state index contributed by atoms with van der Waals surface area (Å²) < 4.78 is 0.639. The second kappa shape index (κ2) is 7.04. The van der Waals surface area contributed by atoms with E-state index < -0.39 is 3.79 Å². The summed E-state index contributed by atoms with van der Waals surface area (Å²) in [5.74, 6) is 0.484. The summed E-state index contributed by atoms with van der Waals surface area (Å²) in [5, 5.41) is 4.86. The highest BCUT2D eigenvalue weighted by Gasteiger charge is 2.28. The number of hydrogen-bond acceptors (Lipinski definition) is 1. The van der Waals surface area contributed by atoms with Gasteiger partial charge in [-0.3, -0.25) is 0 Å². The summed E-state index contributed by atoms with van der Waals surface area (Å²) in [7, 11) is 0. The van der Waals surface area contributed by atoms with E-state index in [0.29, 0.717) is 12.3 Å². The Morgan fingerprint density at radius 2 is 1.74 bits per heavy atom. The molecule has 0 spiro atoms. The van der Waals surface area contributed by atoms with E-state index >= 15 is 0 Å². The fraction of sp³-hybridized carbons (Fsp3) is 0.500. The molecule has 0 radical (unpaired) electrons. The van der Waals surface area contributed by atoms with Crippen molar-refractivity contribution in [3.63, 3.8) is 0 Å². The van der Waals surface area contributed by atoms with Crippen LogP contribution in [-0.4, -0.2) is 13.6 Å². The van der Waals surface area contributed by atoms with Gasteiger partial charge < -0.3 is 0 Å². The Morgan fingerprint density at radius 3 is 2.35 bits per heavy atom. The highest BCUT2D eigenvalue weighted by molar-refractivity contribution is 6.67. The first-order valence-corrected chi connectivity index (χ1v) is 9.28. The van der Waals surface area contributed by atoms with E-state index in [1.807, 2.05) is 10.9 Å². The van der Waals surface area contributed by atoms with Gasteiger partial charge in [-0.2, -0.15) is 5.10 Å². The molecule has 0 unspecified atom stereocenters. The van der Waals surface area contributed by atoms with Gasteiger partial charge in [-0.05, 0) is 37.5 Å². The summed E-state index contributed by atoms with van der Waals surface area (Å²) in [6.07, 6.45) is 8.61. The molecule has 1 aromatic carbocycles. The van der Waals surface area contributed by atoms with E-state index in [9.17, 15) is 0 Å². The molecular weight excluding hydrogens is 351 g/mol. The van der Waals surface area contributed by atoms with Crippen LogP contribution in [-0.2, 0) is 6.42 Å². The van der Waals surface area contributed by atoms with Crippen molar-refractivity contribution in [3.05, 3.63) is 47.3 Å². The molecule has 5 heteroatoms. The minimum absolute atomic E-state index is 0.398. The molecule has 1 aliphatic rings. The SMILES string of the molecule is Cc1ccc(-n2cc(CC(Cl)(Cl)Cl)c(C3CCCCC3)n2)cc1. The van der Waals surface area contributed by atoms with E-state index in [2.05, 4.69) is 31.2 Å². The fourth-order valence-electron chi connectivity index (χ4n) is 3.32. The lowest BCUT2D eigenvalue weighted by atomic mass is 9.85. The van der Waals surface area contributed by atoms with Crippen LogP contribution < -0.4 is 0 Å². The van der Waals surface area contributed by atoms with E-state index in [1.165, 1.54) is 37.7 Å². The molecule has 0 N–H and O–H groups in total. The van der Waals surface area contributed by atoms with Gasteiger partial charge in [0.1, 0.15) is 0 Å². The van der Waals surface area contributed by atoms with E-state index in [0.717, 1.165) is 16.9 Å². The van der Waals surface area contributed by atoms with Gasteiger partial charge in [0.15, 0.2) is 3.79 Å². The molecule has 3 rings (SSSR count). The Kier molecular flexibility index (Phi) is 5.25. The molecule has 0 aliphatic heterocycles. The van der Waals surface area contributed by atoms with Gasteiger partial charge in [-0.15, -0.1) is 0 Å². The van der Waals surface area contributed by atoms with Crippen molar-refractivity contribution >= 4 is 34.8 Å². The normalized spacial score (nSPS) is 16.7. The third-order valence-electron chi connectivity index (χ3n) is 4.50. The molecule has 1 aromatic heterocycles. The number of aromatic nitrogens is 2. The minimum atomic E-state index is -1.29. The number of hydrogen-bond donors (Lipinski definition) is 0. The number of nitrogens with zero attached hydrogens (tertiary/aromatic N) is 2. The second-order valence-corrected chi connectivity index (χ2v) is 8.96. The van der Waals surface area contributed by atoms with Crippen LogP contribution in [0.4, 0.5) is 0 Å². The van der Waals surface area contributed by atoms with Gasteiger partial charge in [0.2, 0.25) is 0 Å². The zero-order chi connectivity index (χ0) is 16.4. The van der Waals surface area contributed by atoms with Crippen molar-refractivity contribution in [2.75, 3.05) is 0 Å². The Labute approximate surface area is 152 Å². The first-order chi connectivity index (χ1) is 10.9. The highest BCUT2D eigenvalue weighted by Crippen LogP contribution is 2.38. The first kappa shape index (κ1) is 17.1. The molecule has 1 saturated carbocycles. The Bertz CT molecular complexity index is 650. The van der Waals surface area contributed by atoms with E-state index in [1.54, 1.807) is 0 Å².